The highest BCUT2D eigenvalue weighted by atomic mass is 16.2. The normalized spacial score (nSPS) is 17.0. The van der Waals surface area contributed by atoms with Crippen molar-refractivity contribution in [2.24, 2.45) is 0 Å². The molecule has 2 unspecified atom stereocenters. The third kappa shape index (κ3) is 4.24. The van der Waals surface area contributed by atoms with Crippen LogP contribution < -0.4 is 5.32 Å². The van der Waals surface area contributed by atoms with Crippen LogP contribution in [-0.4, -0.2) is 28.7 Å². The number of nitrogens with zero attached hydrogens (tertiary/aromatic N) is 2. The number of nitrogens with one attached hydrogen (secondary N) is 1. The van der Waals surface area contributed by atoms with E-state index in [1.807, 2.05) is 25.1 Å². The second kappa shape index (κ2) is 8.55. The maximum Gasteiger partial charge on any atom is 0.312 e. The van der Waals surface area contributed by atoms with Gasteiger partial charge in [-0.3, -0.25) is 14.6 Å². The van der Waals surface area contributed by atoms with Crippen LogP contribution in [-0.2, 0) is 16.0 Å². The van der Waals surface area contributed by atoms with Crippen molar-refractivity contribution in [3.8, 4) is 0 Å². The number of carbonyl (C=O) groups is 2. The summed E-state index contributed by atoms with van der Waals surface area (Å²) in [5.41, 5.74) is 4.31. The molecule has 0 saturated carbocycles. The molecule has 2 amide bonds. The first-order chi connectivity index (χ1) is 13.4. The first-order valence-electron chi connectivity index (χ1n) is 9.99. The zero-order valence-corrected chi connectivity index (χ0v) is 17.1. The van der Waals surface area contributed by atoms with Crippen molar-refractivity contribution < 1.29 is 9.59 Å². The van der Waals surface area contributed by atoms with Crippen LogP contribution in [0.5, 0.6) is 0 Å². The number of likely N-dealkylation sites (N-methyl/N-ethyl adjacent to an activating group) is 1. The van der Waals surface area contributed by atoms with Crippen LogP contribution in [0.25, 0.3) is 0 Å². The molecule has 0 saturated heterocycles. The average Bonchev–Trinajstić information content (AvgIpc) is 2.72. The molecule has 0 fully saturated rings. The van der Waals surface area contributed by atoms with Gasteiger partial charge in [0.2, 0.25) is 0 Å². The fourth-order valence-electron chi connectivity index (χ4n) is 3.77. The van der Waals surface area contributed by atoms with Gasteiger partial charge in [0.05, 0.1) is 17.8 Å². The summed E-state index contributed by atoms with van der Waals surface area (Å²) in [5.74, 6) is -0.638. The Hall–Kier alpha value is -2.69. The van der Waals surface area contributed by atoms with Crippen molar-refractivity contribution in [2.75, 3.05) is 7.05 Å². The van der Waals surface area contributed by atoms with Gasteiger partial charge < -0.3 is 10.2 Å². The van der Waals surface area contributed by atoms with E-state index in [1.165, 1.54) is 10.5 Å². The maximum atomic E-state index is 12.7. The first kappa shape index (κ1) is 20.1. The summed E-state index contributed by atoms with van der Waals surface area (Å²) in [5, 5.41) is 2.84. The van der Waals surface area contributed by atoms with Crippen LogP contribution in [0.1, 0.15) is 74.0 Å². The van der Waals surface area contributed by atoms with Crippen molar-refractivity contribution >= 4 is 11.8 Å². The van der Waals surface area contributed by atoms with Crippen LogP contribution in [0.4, 0.5) is 0 Å². The Balaban J connectivity index is 1.66. The molecule has 5 heteroatoms. The zero-order valence-electron chi connectivity index (χ0n) is 17.1. The number of aryl methyl sites for hydroxylation is 1. The maximum absolute atomic E-state index is 12.7. The Bertz CT molecular complexity index is 845. The number of aromatic nitrogens is 1. The number of pyridine rings is 1. The lowest BCUT2D eigenvalue weighted by molar-refractivity contribution is -0.147. The molecule has 2 aromatic rings. The monoisotopic (exact) mass is 379 g/mol. The molecule has 1 aliphatic carbocycles. The number of hydrogen-bond acceptors (Lipinski definition) is 3. The molecular formula is C23H29N3O2. The van der Waals surface area contributed by atoms with E-state index in [4.69, 9.17) is 0 Å². The Labute approximate surface area is 167 Å². The van der Waals surface area contributed by atoms with Crippen LogP contribution in [0, 0.1) is 0 Å². The van der Waals surface area contributed by atoms with E-state index in [2.05, 4.69) is 42.3 Å². The molecule has 1 aliphatic rings. The van der Waals surface area contributed by atoms with Gasteiger partial charge in [-0.2, -0.15) is 0 Å². The average molecular weight is 380 g/mol. The van der Waals surface area contributed by atoms with Crippen LogP contribution in [0.15, 0.2) is 42.6 Å². The quantitative estimate of drug-likeness (QED) is 0.819. The summed E-state index contributed by atoms with van der Waals surface area (Å²) >= 11 is 0. The lowest BCUT2D eigenvalue weighted by Gasteiger charge is -2.32. The van der Waals surface area contributed by atoms with Gasteiger partial charge in [-0.1, -0.05) is 44.2 Å². The zero-order chi connectivity index (χ0) is 20.3. The summed E-state index contributed by atoms with van der Waals surface area (Å²) in [7, 11) is 1.69. The summed E-state index contributed by atoms with van der Waals surface area (Å²) in [4.78, 5) is 31.3. The van der Waals surface area contributed by atoms with E-state index in [9.17, 15) is 9.59 Å². The van der Waals surface area contributed by atoms with Gasteiger partial charge in [0.15, 0.2) is 0 Å². The third-order valence-electron chi connectivity index (χ3n) is 5.60. The molecule has 1 heterocycles. The van der Waals surface area contributed by atoms with Crippen molar-refractivity contribution in [1.29, 1.82) is 0 Å². The summed E-state index contributed by atoms with van der Waals surface area (Å²) in [6.45, 7) is 6.19. The first-order valence-corrected chi connectivity index (χ1v) is 9.99. The molecule has 0 radical (unpaired) electrons. The fraction of sp³-hybridized carbons (Fsp3) is 0.435. The minimum Gasteiger partial charge on any atom is -0.341 e. The molecular weight excluding hydrogens is 350 g/mol. The Kier molecular flexibility index (Phi) is 6.12. The van der Waals surface area contributed by atoms with E-state index in [0.29, 0.717) is 5.92 Å². The largest absolute Gasteiger partial charge is 0.341 e. The van der Waals surface area contributed by atoms with E-state index in [1.54, 1.807) is 13.2 Å². The van der Waals surface area contributed by atoms with E-state index >= 15 is 0 Å². The number of amides is 2. The molecule has 148 valence electrons. The van der Waals surface area contributed by atoms with Gasteiger partial charge in [-0.05, 0) is 54.9 Å². The van der Waals surface area contributed by atoms with Gasteiger partial charge in [0, 0.05) is 13.2 Å². The molecule has 1 aromatic heterocycles. The van der Waals surface area contributed by atoms with E-state index in [-0.39, 0.29) is 12.1 Å². The standard InChI is InChI=1S/C23H29N3O2/c1-15(2)17-10-12-18(13-11-17)16(3)25-22(27)23(28)26(4)20-9-5-7-19-8-6-14-24-21(19)20/h6,8,10-16,20H,5,7,9H2,1-4H3,(H,25,27). The van der Waals surface area contributed by atoms with Gasteiger partial charge in [0.25, 0.3) is 0 Å². The predicted molar refractivity (Wildman–Crippen MR) is 110 cm³/mol. The highest BCUT2D eigenvalue weighted by Gasteiger charge is 2.31. The molecule has 28 heavy (non-hydrogen) atoms. The molecule has 1 N–H and O–H groups in total. The number of carbonyl (C=O) groups excluding carboxylic acids is 2. The van der Waals surface area contributed by atoms with Crippen molar-refractivity contribution in [3.05, 3.63) is 65.0 Å². The van der Waals surface area contributed by atoms with Gasteiger partial charge in [-0.25, -0.2) is 0 Å². The third-order valence-corrected chi connectivity index (χ3v) is 5.60. The summed E-state index contributed by atoms with van der Waals surface area (Å²) < 4.78 is 0. The number of fused-ring (bicyclic) bond motifs is 1. The Morgan fingerprint density at radius 3 is 2.46 bits per heavy atom. The number of benzene rings is 1. The van der Waals surface area contributed by atoms with Crippen LogP contribution >= 0.6 is 0 Å². The number of rotatable bonds is 4. The molecule has 1 aromatic carbocycles. The molecule has 0 spiro atoms. The minimum absolute atomic E-state index is 0.149. The molecule has 0 aliphatic heterocycles. The summed E-state index contributed by atoms with van der Waals surface area (Å²) in [6.07, 6.45) is 4.53. The predicted octanol–water partition coefficient (Wildman–Crippen LogP) is 3.92. The fourth-order valence-corrected chi connectivity index (χ4v) is 3.77. The molecule has 5 nitrogen and oxygen atoms in total. The second-order valence-electron chi connectivity index (χ2n) is 7.89. The lowest BCUT2D eigenvalue weighted by atomic mass is 9.91. The highest BCUT2D eigenvalue weighted by molar-refractivity contribution is 6.35. The van der Waals surface area contributed by atoms with Gasteiger partial charge >= 0.3 is 11.8 Å². The van der Waals surface area contributed by atoms with Crippen molar-refractivity contribution in [3.63, 3.8) is 0 Å². The lowest BCUT2D eigenvalue weighted by Crippen LogP contribution is -2.44. The molecule has 0 bridgehead atoms. The van der Waals surface area contributed by atoms with E-state index < -0.39 is 11.8 Å². The Morgan fingerprint density at radius 1 is 1.11 bits per heavy atom. The number of hydrogen-bond donors (Lipinski definition) is 1. The Morgan fingerprint density at radius 2 is 1.79 bits per heavy atom. The van der Waals surface area contributed by atoms with Crippen LogP contribution in [0.3, 0.4) is 0 Å². The minimum atomic E-state index is -0.578. The topological polar surface area (TPSA) is 62.3 Å². The summed E-state index contributed by atoms with van der Waals surface area (Å²) in [6, 6.07) is 11.7. The smallest absolute Gasteiger partial charge is 0.312 e. The van der Waals surface area contributed by atoms with Crippen molar-refractivity contribution in [2.45, 2.75) is 58.0 Å². The van der Waals surface area contributed by atoms with Crippen LogP contribution in [0.2, 0.25) is 0 Å². The van der Waals surface area contributed by atoms with Gasteiger partial charge in [-0.15, -0.1) is 0 Å². The molecule has 3 rings (SSSR count). The SMILES string of the molecule is CC(C)c1ccc(C(C)NC(=O)C(=O)N(C)C2CCCc3cccnc32)cc1. The van der Waals surface area contributed by atoms with Crippen molar-refractivity contribution in [1.82, 2.24) is 15.2 Å². The van der Waals surface area contributed by atoms with E-state index in [0.717, 1.165) is 36.1 Å². The second-order valence-corrected chi connectivity index (χ2v) is 7.89. The molecule has 2 atom stereocenters. The highest BCUT2D eigenvalue weighted by Crippen LogP contribution is 2.32. The van der Waals surface area contributed by atoms with Gasteiger partial charge in [0.1, 0.15) is 0 Å².